The van der Waals surface area contributed by atoms with Crippen LogP contribution in [0.3, 0.4) is 0 Å². The minimum atomic E-state index is -0.519. The van der Waals surface area contributed by atoms with Gasteiger partial charge >= 0.3 is 0 Å². The number of dihydropyridines is 1. The highest BCUT2D eigenvalue weighted by Gasteiger charge is 2.20. The van der Waals surface area contributed by atoms with Crippen LogP contribution in [0, 0.1) is 5.92 Å². The Kier molecular flexibility index (Phi) is 3.22. The van der Waals surface area contributed by atoms with Crippen molar-refractivity contribution in [2.75, 3.05) is 11.9 Å². The number of carbonyl (C=O) groups is 2. The van der Waals surface area contributed by atoms with Crippen LogP contribution in [0.25, 0.3) is 0 Å². The van der Waals surface area contributed by atoms with Crippen molar-refractivity contribution >= 4 is 34.5 Å². The summed E-state index contributed by atoms with van der Waals surface area (Å²) in [6.45, 7) is 1.23. The molecule has 0 fully saturated rings. The smallest absolute Gasteiger partial charge is 0.269 e. The fraction of sp³-hybridized carbons (Fsp3) is 0.333. The number of fused-ring (bicyclic) bond motifs is 1. The summed E-state index contributed by atoms with van der Waals surface area (Å²) >= 11 is 1.42. The number of rotatable bonds is 2. The fourth-order valence-corrected chi connectivity index (χ4v) is 2.80. The zero-order valence-electron chi connectivity index (χ0n) is 9.96. The first-order valence-corrected chi connectivity index (χ1v) is 6.67. The number of aromatic nitrogens is 1. The number of carbonyl (C=O) groups excluding carboxylic acids is 2. The van der Waals surface area contributed by atoms with Crippen LogP contribution in [-0.4, -0.2) is 29.6 Å². The molecule has 1 atom stereocenters. The zero-order valence-corrected chi connectivity index (χ0v) is 10.8. The van der Waals surface area contributed by atoms with Crippen LogP contribution in [0.4, 0.5) is 5.13 Å². The number of ether oxygens (including phenoxy) is 1. The van der Waals surface area contributed by atoms with Crippen LogP contribution < -0.4 is 5.32 Å². The number of hydrogen-bond donors (Lipinski definition) is 1. The first-order valence-electron chi connectivity index (χ1n) is 5.86. The van der Waals surface area contributed by atoms with Gasteiger partial charge in [-0.25, -0.2) is 9.98 Å². The molecule has 3 heterocycles. The Hall–Kier alpha value is -1.86. The van der Waals surface area contributed by atoms with Crippen molar-refractivity contribution in [2.45, 2.75) is 13.0 Å². The van der Waals surface area contributed by atoms with Crippen molar-refractivity contribution in [2.24, 2.45) is 10.9 Å². The number of nitrogens with zero attached hydrogens (tertiary/aromatic N) is 2. The second-order valence-corrected chi connectivity index (χ2v) is 5.27. The molecule has 1 aromatic heterocycles. The molecule has 0 aliphatic carbocycles. The number of amides is 2. The second-order valence-electron chi connectivity index (χ2n) is 4.18. The van der Waals surface area contributed by atoms with E-state index in [0.717, 1.165) is 17.0 Å². The first-order chi connectivity index (χ1) is 9.22. The van der Waals surface area contributed by atoms with Gasteiger partial charge in [-0.15, -0.1) is 0 Å². The zero-order chi connectivity index (χ0) is 13.2. The molecule has 0 aromatic carbocycles. The lowest BCUT2D eigenvalue weighted by molar-refractivity contribution is -0.117. The first kappa shape index (κ1) is 12.2. The Labute approximate surface area is 113 Å². The van der Waals surface area contributed by atoms with Gasteiger partial charge in [0.1, 0.15) is 0 Å². The summed E-state index contributed by atoms with van der Waals surface area (Å²) < 4.78 is 5.33. The quantitative estimate of drug-likeness (QED) is 0.872. The molecule has 2 amide bonds. The monoisotopic (exact) mass is 277 g/mol. The minimum absolute atomic E-state index is 0.237. The molecular formula is C12H11N3O3S. The van der Waals surface area contributed by atoms with Gasteiger partial charge in [-0.05, 0) is 0 Å². The van der Waals surface area contributed by atoms with Gasteiger partial charge in [-0.1, -0.05) is 17.4 Å². The summed E-state index contributed by atoms with van der Waals surface area (Å²) in [7, 11) is 0. The molecule has 1 aromatic rings. The summed E-state index contributed by atoms with van der Waals surface area (Å²) in [6, 6.07) is 0. The summed E-state index contributed by atoms with van der Waals surface area (Å²) in [5.41, 5.74) is 0.995. The van der Waals surface area contributed by atoms with Crippen LogP contribution in [-0.2, 0) is 27.4 Å². The predicted octanol–water partition coefficient (Wildman–Crippen LogP) is 0.938. The van der Waals surface area contributed by atoms with Crippen molar-refractivity contribution in [3.8, 4) is 0 Å². The molecule has 6 nitrogen and oxygen atoms in total. The van der Waals surface area contributed by atoms with Crippen molar-refractivity contribution in [3.63, 3.8) is 0 Å². The number of hydrogen-bond acceptors (Lipinski definition) is 5. The van der Waals surface area contributed by atoms with E-state index in [2.05, 4.69) is 15.3 Å². The summed E-state index contributed by atoms with van der Waals surface area (Å²) in [6.07, 6.45) is 4.95. The standard InChI is InChI=1S/C12H11N3O3S/c16-10-2-1-7(5-13-10)11(17)15-12-14-8-3-4-18-6-9(8)19-12/h1-2,5,7H,3-4,6H2,(H,14,15,17). The predicted molar refractivity (Wildman–Crippen MR) is 70.2 cm³/mol. The lowest BCUT2D eigenvalue weighted by Gasteiger charge is -2.08. The van der Waals surface area contributed by atoms with Crippen LogP contribution in [0.15, 0.2) is 17.1 Å². The summed E-state index contributed by atoms with van der Waals surface area (Å²) in [4.78, 5) is 31.9. The van der Waals surface area contributed by atoms with Gasteiger partial charge in [0.15, 0.2) is 5.13 Å². The molecule has 3 rings (SSSR count). The van der Waals surface area contributed by atoms with Gasteiger partial charge in [-0.2, -0.15) is 0 Å². The second kappa shape index (κ2) is 5.02. The third kappa shape index (κ3) is 2.61. The van der Waals surface area contributed by atoms with E-state index in [1.165, 1.54) is 29.7 Å². The number of thiazole rings is 1. The third-order valence-corrected chi connectivity index (χ3v) is 3.82. The van der Waals surface area contributed by atoms with E-state index in [4.69, 9.17) is 4.74 Å². The lowest BCUT2D eigenvalue weighted by Crippen LogP contribution is -2.24. The molecule has 0 bridgehead atoms. The van der Waals surface area contributed by atoms with Gasteiger partial charge in [0.2, 0.25) is 5.91 Å². The van der Waals surface area contributed by atoms with E-state index in [0.29, 0.717) is 18.3 Å². The largest absolute Gasteiger partial charge is 0.375 e. The number of anilines is 1. The van der Waals surface area contributed by atoms with Crippen LogP contribution in [0.1, 0.15) is 10.6 Å². The number of nitrogens with one attached hydrogen (secondary N) is 1. The molecule has 1 N–H and O–H groups in total. The maximum absolute atomic E-state index is 12.0. The van der Waals surface area contributed by atoms with Crippen LogP contribution in [0.2, 0.25) is 0 Å². The molecule has 19 heavy (non-hydrogen) atoms. The van der Waals surface area contributed by atoms with E-state index in [1.807, 2.05) is 0 Å². The van der Waals surface area contributed by atoms with Crippen molar-refractivity contribution in [1.82, 2.24) is 4.98 Å². The lowest BCUT2D eigenvalue weighted by atomic mass is 10.1. The third-order valence-electron chi connectivity index (χ3n) is 2.84. The van der Waals surface area contributed by atoms with Gasteiger partial charge < -0.3 is 10.1 Å². The van der Waals surface area contributed by atoms with Crippen molar-refractivity contribution < 1.29 is 14.3 Å². The molecule has 0 saturated carbocycles. The normalized spacial score (nSPS) is 21.3. The molecule has 7 heteroatoms. The van der Waals surface area contributed by atoms with Crippen molar-refractivity contribution in [3.05, 3.63) is 22.7 Å². The highest BCUT2D eigenvalue weighted by Crippen LogP contribution is 2.27. The average Bonchev–Trinajstić information content (AvgIpc) is 2.81. The van der Waals surface area contributed by atoms with Crippen molar-refractivity contribution in [1.29, 1.82) is 0 Å². The maximum Gasteiger partial charge on any atom is 0.269 e. The Morgan fingerprint density at radius 1 is 1.53 bits per heavy atom. The average molecular weight is 277 g/mol. The molecule has 98 valence electrons. The Bertz CT molecular complexity index is 552. The van der Waals surface area contributed by atoms with E-state index >= 15 is 0 Å². The molecule has 2 aliphatic rings. The molecule has 0 spiro atoms. The van der Waals surface area contributed by atoms with Gasteiger partial charge in [0, 0.05) is 18.7 Å². The summed E-state index contributed by atoms with van der Waals surface area (Å²) in [5.74, 6) is -1.10. The van der Waals surface area contributed by atoms with E-state index in [-0.39, 0.29) is 11.8 Å². The molecule has 2 aliphatic heterocycles. The maximum atomic E-state index is 12.0. The highest BCUT2D eigenvalue weighted by molar-refractivity contribution is 7.15. The topological polar surface area (TPSA) is 80.7 Å². The Balaban J connectivity index is 1.69. The Morgan fingerprint density at radius 3 is 3.16 bits per heavy atom. The highest BCUT2D eigenvalue weighted by atomic mass is 32.1. The SMILES string of the molecule is O=C1C=CC(C(=O)Nc2nc3c(s2)COCC3)C=N1. The molecular weight excluding hydrogens is 266 g/mol. The number of aliphatic imine (C=N–C) groups is 1. The van der Waals surface area contributed by atoms with Crippen LogP contribution in [0.5, 0.6) is 0 Å². The molecule has 1 unspecified atom stereocenters. The fourth-order valence-electron chi connectivity index (χ4n) is 1.85. The molecule has 0 radical (unpaired) electrons. The molecule has 0 saturated heterocycles. The van der Waals surface area contributed by atoms with Crippen LogP contribution >= 0.6 is 11.3 Å². The minimum Gasteiger partial charge on any atom is -0.375 e. The van der Waals surface area contributed by atoms with Gasteiger partial charge in [0.25, 0.3) is 5.91 Å². The Morgan fingerprint density at radius 2 is 2.42 bits per heavy atom. The van der Waals surface area contributed by atoms with Gasteiger partial charge in [0.05, 0.1) is 29.7 Å². The van der Waals surface area contributed by atoms with E-state index < -0.39 is 5.92 Å². The van der Waals surface area contributed by atoms with E-state index in [1.54, 1.807) is 0 Å². The van der Waals surface area contributed by atoms with E-state index in [9.17, 15) is 9.59 Å². The van der Waals surface area contributed by atoms with Gasteiger partial charge in [-0.3, -0.25) is 9.59 Å². The summed E-state index contributed by atoms with van der Waals surface area (Å²) in [5, 5.41) is 3.31.